The van der Waals surface area contributed by atoms with Crippen molar-refractivity contribution < 1.29 is 19.5 Å². The normalized spacial score (nSPS) is 20.7. The van der Waals surface area contributed by atoms with Crippen molar-refractivity contribution in [3.8, 4) is 0 Å². The smallest absolute Gasteiger partial charge is 0.305 e. The molecule has 1 heterocycles. The summed E-state index contributed by atoms with van der Waals surface area (Å²) in [4.78, 5) is 38.1. The van der Waals surface area contributed by atoms with Gasteiger partial charge in [0.1, 0.15) is 12.1 Å². The van der Waals surface area contributed by atoms with Crippen molar-refractivity contribution in [3.05, 3.63) is 35.9 Å². The minimum absolute atomic E-state index is 0.193. The van der Waals surface area contributed by atoms with Crippen molar-refractivity contribution in [1.82, 2.24) is 10.2 Å². The van der Waals surface area contributed by atoms with E-state index in [0.717, 1.165) is 18.4 Å². The second-order valence-electron chi connectivity index (χ2n) is 6.54. The molecule has 0 aliphatic carbocycles. The third-order valence-electron chi connectivity index (χ3n) is 4.84. The van der Waals surface area contributed by atoms with Gasteiger partial charge in [0.05, 0.1) is 6.42 Å². The largest absolute Gasteiger partial charge is 0.481 e. The molecule has 2 N–H and O–H groups in total. The summed E-state index contributed by atoms with van der Waals surface area (Å²) >= 11 is 0. The number of carbonyl (C=O) groups excluding carboxylic acids is 2. The maximum Gasteiger partial charge on any atom is 0.305 e. The number of aliphatic carboxylic acids is 1. The molecule has 0 unspecified atom stereocenters. The number of benzene rings is 1. The molecule has 1 aromatic carbocycles. The average molecular weight is 346 g/mol. The third kappa shape index (κ3) is 4.81. The molecular weight excluding hydrogens is 320 g/mol. The second kappa shape index (κ2) is 8.65. The molecule has 1 aliphatic heterocycles. The van der Waals surface area contributed by atoms with E-state index in [1.807, 2.05) is 44.2 Å². The van der Waals surface area contributed by atoms with Gasteiger partial charge in [-0.2, -0.15) is 0 Å². The van der Waals surface area contributed by atoms with E-state index in [4.69, 9.17) is 5.11 Å². The first kappa shape index (κ1) is 19.0. The number of carboxylic acids is 1. The zero-order valence-corrected chi connectivity index (χ0v) is 14.8. The van der Waals surface area contributed by atoms with Crippen LogP contribution in [0.3, 0.4) is 0 Å². The number of carbonyl (C=O) groups is 3. The molecule has 0 bridgehead atoms. The van der Waals surface area contributed by atoms with E-state index in [-0.39, 0.29) is 24.2 Å². The zero-order chi connectivity index (χ0) is 18.4. The lowest BCUT2D eigenvalue weighted by Gasteiger charge is -2.40. The summed E-state index contributed by atoms with van der Waals surface area (Å²) in [5.74, 6) is -1.40. The van der Waals surface area contributed by atoms with Gasteiger partial charge in [0.25, 0.3) is 0 Å². The van der Waals surface area contributed by atoms with Gasteiger partial charge in [0.15, 0.2) is 0 Å². The number of piperazine rings is 1. The Morgan fingerprint density at radius 2 is 1.84 bits per heavy atom. The van der Waals surface area contributed by atoms with Crippen LogP contribution in [0.1, 0.15) is 38.7 Å². The minimum atomic E-state index is -1.08. The number of nitrogens with zero attached hydrogens (tertiary/aromatic N) is 1. The van der Waals surface area contributed by atoms with E-state index in [0.29, 0.717) is 13.0 Å². The summed E-state index contributed by atoms with van der Waals surface area (Å²) in [5, 5.41) is 11.8. The highest BCUT2D eigenvalue weighted by Crippen LogP contribution is 2.20. The van der Waals surface area contributed by atoms with Crippen LogP contribution in [0.15, 0.2) is 30.3 Å². The molecule has 1 aliphatic rings. The number of carboxylic acid groups (broad SMARTS) is 1. The van der Waals surface area contributed by atoms with E-state index in [1.165, 1.54) is 4.90 Å². The Balaban J connectivity index is 2.22. The first-order valence-corrected chi connectivity index (χ1v) is 8.82. The minimum Gasteiger partial charge on any atom is -0.481 e. The second-order valence-corrected chi connectivity index (χ2v) is 6.54. The highest BCUT2D eigenvalue weighted by atomic mass is 16.4. The number of amides is 2. The van der Waals surface area contributed by atoms with Crippen LogP contribution in [-0.2, 0) is 20.8 Å². The van der Waals surface area contributed by atoms with Crippen LogP contribution >= 0.6 is 0 Å². The van der Waals surface area contributed by atoms with Gasteiger partial charge in [0, 0.05) is 13.0 Å². The zero-order valence-electron chi connectivity index (χ0n) is 14.8. The summed E-state index contributed by atoms with van der Waals surface area (Å²) in [6, 6.07) is 7.92. The molecule has 1 saturated heterocycles. The highest BCUT2D eigenvalue weighted by molar-refractivity contribution is 5.98. The first-order valence-electron chi connectivity index (χ1n) is 8.82. The summed E-state index contributed by atoms with van der Waals surface area (Å²) in [5.41, 5.74) is 0.959. The lowest BCUT2D eigenvalue weighted by atomic mass is 9.95. The standard InChI is InChI=1S/C19H26N2O4/c1-3-13(4-2)12-21-16(11-17(22)23)18(24)20-15(19(21)25)10-14-8-6-5-7-9-14/h5-9,13,15-16H,3-4,10-12H2,1-2H3,(H,20,24)(H,22,23)/t15-,16-/m0/s1. The van der Waals surface area contributed by atoms with Gasteiger partial charge in [-0.3, -0.25) is 14.4 Å². The van der Waals surface area contributed by atoms with E-state index in [2.05, 4.69) is 5.32 Å². The third-order valence-corrected chi connectivity index (χ3v) is 4.84. The Morgan fingerprint density at radius 3 is 2.40 bits per heavy atom. The summed E-state index contributed by atoms with van der Waals surface area (Å²) in [7, 11) is 0. The molecule has 2 rings (SSSR count). The lowest BCUT2D eigenvalue weighted by Crippen LogP contribution is -2.64. The van der Waals surface area contributed by atoms with Gasteiger partial charge in [0.2, 0.25) is 11.8 Å². The van der Waals surface area contributed by atoms with Crippen molar-refractivity contribution in [2.24, 2.45) is 5.92 Å². The van der Waals surface area contributed by atoms with Gasteiger partial charge in [-0.15, -0.1) is 0 Å². The van der Waals surface area contributed by atoms with Crippen LogP contribution in [-0.4, -0.2) is 46.4 Å². The number of hydrogen-bond acceptors (Lipinski definition) is 3. The van der Waals surface area contributed by atoms with Gasteiger partial charge in [-0.25, -0.2) is 0 Å². The quantitative estimate of drug-likeness (QED) is 0.752. The van der Waals surface area contributed by atoms with Gasteiger partial charge in [-0.05, 0) is 11.5 Å². The van der Waals surface area contributed by atoms with Crippen LogP contribution in [0.4, 0.5) is 0 Å². The molecule has 0 aromatic heterocycles. The number of rotatable bonds is 8. The molecule has 0 radical (unpaired) electrons. The SMILES string of the molecule is CCC(CC)CN1C(=O)[C@H](Cc2ccccc2)NC(=O)[C@@H]1CC(=O)O. The van der Waals surface area contributed by atoms with Crippen molar-refractivity contribution in [1.29, 1.82) is 0 Å². The van der Waals surface area contributed by atoms with Crippen LogP contribution in [0.2, 0.25) is 0 Å². The topological polar surface area (TPSA) is 86.7 Å². The highest BCUT2D eigenvalue weighted by Gasteiger charge is 2.41. The summed E-state index contributed by atoms with van der Waals surface area (Å²) in [6.45, 7) is 4.50. The molecule has 2 atom stereocenters. The Kier molecular flexibility index (Phi) is 6.56. The fraction of sp³-hybridized carbons (Fsp3) is 0.526. The maximum atomic E-state index is 13.0. The Hall–Kier alpha value is -2.37. The summed E-state index contributed by atoms with van der Waals surface area (Å²) in [6.07, 6.45) is 1.80. The van der Waals surface area contributed by atoms with Gasteiger partial charge < -0.3 is 15.3 Å². The van der Waals surface area contributed by atoms with E-state index >= 15 is 0 Å². The fourth-order valence-corrected chi connectivity index (χ4v) is 3.22. The molecule has 136 valence electrons. The predicted octanol–water partition coefficient (Wildman–Crippen LogP) is 1.84. The fourth-order valence-electron chi connectivity index (χ4n) is 3.22. The van der Waals surface area contributed by atoms with Crippen LogP contribution in [0, 0.1) is 5.92 Å². The van der Waals surface area contributed by atoms with E-state index < -0.39 is 18.1 Å². The molecule has 25 heavy (non-hydrogen) atoms. The summed E-state index contributed by atoms with van der Waals surface area (Å²) < 4.78 is 0. The Bertz CT molecular complexity index is 613. The van der Waals surface area contributed by atoms with Crippen molar-refractivity contribution in [3.63, 3.8) is 0 Å². The van der Waals surface area contributed by atoms with Gasteiger partial charge >= 0.3 is 5.97 Å². The molecule has 6 nitrogen and oxygen atoms in total. The molecule has 0 spiro atoms. The molecule has 1 fully saturated rings. The molecule has 1 aromatic rings. The van der Waals surface area contributed by atoms with E-state index in [1.54, 1.807) is 0 Å². The Labute approximate surface area is 148 Å². The number of nitrogens with one attached hydrogen (secondary N) is 1. The van der Waals surface area contributed by atoms with Gasteiger partial charge in [-0.1, -0.05) is 57.0 Å². The monoisotopic (exact) mass is 346 g/mol. The van der Waals surface area contributed by atoms with Crippen molar-refractivity contribution in [2.75, 3.05) is 6.54 Å². The van der Waals surface area contributed by atoms with Crippen molar-refractivity contribution >= 4 is 17.8 Å². The number of hydrogen-bond donors (Lipinski definition) is 2. The van der Waals surface area contributed by atoms with Crippen LogP contribution < -0.4 is 5.32 Å². The molecule has 6 heteroatoms. The lowest BCUT2D eigenvalue weighted by molar-refractivity contribution is -0.153. The van der Waals surface area contributed by atoms with Crippen molar-refractivity contribution in [2.45, 2.75) is 51.6 Å². The van der Waals surface area contributed by atoms with Crippen LogP contribution in [0.25, 0.3) is 0 Å². The molecule has 2 amide bonds. The van der Waals surface area contributed by atoms with Crippen LogP contribution in [0.5, 0.6) is 0 Å². The Morgan fingerprint density at radius 1 is 1.20 bits per heavy atom. The van der Waals surface area contributed by atoms with E-state index in [9.17, 15) is 14.4 Å². The first-order chi connectivity index (χ1) is 12.0. The molecular formula is C19H26N2O4. The predicted molar refractivity (Wildman–Crippen MR) is 93.9 cm³/mol. The average Bonchev–Trinajstić information content (AvgIpc) is 2.60. The maximum absolute atomic E-state index is 13.0. The molecule has 0 saturated carbocycles.